The first-order valence-corrected chi connectivity index (χ1v) is 13.0. The van der Waals surface area contributed by atoms with Crippen molar-refractivity contribution in [3.05, 3.63) is 91.9 Å². The van der Waals surface area contributed by atoms with E-state index >= 15 is 0 Å². The van der Waals surface area contributed by atoms with Crippen LogP contribution in [0, 0.1) is 5.82 Å². The molecule has 4 aromatic rings. The number of thiophene rings is 1. The molecule has 0 aliphatic carbocycles. The molecule has 0 saturated carbocycles. The van der Waals surface area contributed by atoms with E-state index in [0.29, 0.717) is 40.3 Å². The molecule has 0 spiro atoms. The summed E-state index contributed by atoms with van der Waals surface area (Å²) in [5, 5.41) is 2.23. The molecule has 182 valence electrons. The van der Waals surface area contributed by atoms with E-state index in [2.05, 4.69) is 6.92 Å². The highest BCUT2D eigenvalue weighted by Crippen LogP contribution is 2.29. The number of aromatic nitrogens is 2. The van der Waals surface area contributed by atoms with E-state index in [9.17, 15) is 14.0 Å². The van der Waals surface area contributed by atoms with Crippen molar-refractivity contribution in [3.8, 4) is 5.69 Å². The first kappa shape index (κ1) is 25.1. The highest BCUT2D eigenvalue weighted by molar-refractivity contribution is 7.12. The van der Waals surface area contributed by atoms with Gasteiger partial charge in [0.1, 0.15) is 11.6 Å². The highest BCUT2D eigenvalue weighted by atomic mass is 35.5. The van der Waals surface area contributed by atoms with Gasteiger partial charge in [0.25, 0.3) is 11.5 Å². The summed E-state index contributed by atoms with van der Waals surface area (Å²) in [4.78, 5) is 34.7. The zero-order valence-corrected chi connectivity index (χ0v) is 21.3. The quantitative estimate of drug-likeness (QED) is 0.227. The van der Waals surface area contributed by atoms with Crippen molar-refractivity contribution in [1.82, 2.24) is 14.5 Å². The topological polar surface area (TPSA) is 55.2 Å². The SMILES string of the molecule is CCCCCN(C(=O)c1cccs1)C(CC)c1nc2ccccc2c(=O)n1-c1ccc(F)c(Cl)c1. The zero-order valence-electron chi connectivity index (χ0n) is 19.7. The van der Waals surface area contributed by atoms with E-state index in [4.69, 9.17) is 16.6 Å². The van der Waals surface area contributed by atoms with E-state index in [1.54, 1.807) is 18.2 Å². The summed E-state index contributed by atoms with van der Waals surface area (Å²) < 4.78 is 15.4. The van der Waals surface area contributed by atoms with Gasteiger partial charge in [-0.05, 0) is 54.6 Å². The molecule has 8 heteroatoms. The van der Waals surface area contributed by atoms with Crippen LogP contribution in [0.2, 0.25) is 5.02 Å². The summed E-state index contributed by atoms with van der Waals surface area (Å²) in [5.41, 5.74) is 0.668. The molecule has 2 aromatic heterocycles. The standard InChI is InChI=1S/C27H27ClFN3O2S/c1-3-5-8-15-31(27(34)24-12-9-16-35-24)23(4-2)25-30-22-11-7-6-10-19(22)26(33)32(25)18-13-14-21(29)20(28)17-18/h6-7,9-14,16-17,23H,3-5,8,15H2,1-2H3. The molecule has 4 rings (SSSR count). The fraction of sp³-hybridized carbons (Fsp3) is 0.296. The van der Waals surface area contributed by atoms with Crippen LogP contribution in [0.3, 0.4) is 0 Å². The molecule has 35 heavy (non-hydrogen) atoms. The molecule has 0 radical (unpaired) electrons. The molecule has 1 unspecified atom stereocenters. The van der Waals surface area contributed by atoms with E-state index in [0.717, 1.165) is 19.3 Å². The van der Waals surface area contributed by atoms with Gasteiger partial charge in [-0.15, -0.1) is 11.3 Å². The minimum absolute atomic E-state index is 0.0870. The Morgan fingerprint density at radius 1 is 1.14 bits per heavy atom. The van der Waals surface area contributed by atoms with Gasteiger partial charge in [-0.1, -0.05) is 56.5 Å². The number of benzene rings is 2. The Kier molecular flexibility index (Phi) is 7.98. The smallest absolute Gasteiger partial charge is 0.266 e. The van der Waals surface area contributed by atoms with Gasteiger partial charge >= 0.3 is 0 Å². The van der Waals surface area contributed by atoms with Gasteiger partial charge in [-0.3, -0.25) is 14.2 Å². The van der Waals surface area contributed by atoms with Crippen molar-refractivity contribution in [2.75, 3.05) is 6.54 Å². The van der Waals surface area contributed by atoms with E-state index in [-0.39, 0.29) is 16.5 Å². The molecule has 2 aromatic carbocycles. The Morgan fingerprint density at radius 3 is 2.63 bits per heavy atom. The van der Waals surface area contributed by atoms with E-state index < -0.39 is 11.9 Å². The zero-order chi connectivity index (χ0) is 24.9. The van der Waals surface area contributed by atoms with Crippen molar-refractivity contribution in [2.45, 2.75) is 45.6 Å². The maximum atomic E-state index is 14.0. The lowest BCUT2D eigenvalue weighted by atomic mass is 10.1. The number of amides is 1. The van der Waals surface area contributed by atoms with E-state index in [1.165, 1.54) is 34.1 Å². The molecular weight excluding hydrogens is 485 g/mol. The summed E-state index contributed by atoms with van der Waals surface area (Å²) >= 11 is 7.48. The van der Waals surface area contributed by atoms with Gasteiger partial charge in [0.2, 0.25) is 0 Å². The van der Waals surface area contributed by atoms with Crippen LogP contribution in [0.25, 0.3) is 16.6 Å². The minimum atomic E-state index is -0.570. The summed E-state index contributed by atoms with van der Waals surface area (Å²) in [6, 6.07) is 14.5. The number of rotatable bonds is 9. The number of unbranched alkanes of at least 4 members (excludes halogenated alkanes) is 2. The molecule has 2 heterocycles. The number of hydrogen-bond acceptors (Lipinski definition) is 4. The molecule has 0 bridgehead atoms. The number of nitrogens with zero attached hydrogens (tertiary/aromatic N) is 3. The second-order valence-corrected chi connectivity index (χ2v) is 9.69. The predicted molar refractivity (Wildman–Crippen MR) is 140 cm³/mol. The van der Waals surface area contributed by atoms with Crippen molar-refractivity contribution < 1.29 is 9.18 Å². The van der Waals surface area contributed by atoms with Gasteiger partial charge in [0.05, 0.1) is 32.5 Å². The molecule has 5 nitrogen and oxygen atoms in total. The normalized spacial score (nSPS) is 12.1. The average molecular weight is 512 g/mol. The van der Waals surface area contributed by atoms with Crippen molar-refractivity contribution in [1.29, 1.82) is 0 Å². The molecule has 0 saturated heterocycles. The van der Waals surface area contributed by atoms with Crippen LogP contribution >= 0.6 is 22.9 Å². The largest absolute Gasteiger partial charge is 0.328 e. The van der Waals surface area contributed by atoms with Crippen LogP contribution in [0.15, 0.2) is 64.8 Å². The fourth-order valence-electron chi connectivity index (χ4n) is 4.26. The Bertz CT molecular complexity index is 1390. The Labute approximate surface area is 212 Å². The molecule has 1 amide bonds. The van der Waals surface area contributed by atoms with Crippen LogP contribution in [0.1, 0.15) is 61.1 Å². The van der Waals surface area contributed by atoms with Gasteiger partial charge in [-0.25, -0.2) is 9.37 Å². The van der Waals surface area contributed by atoms with Crippen LogP contribution in [0.4, 0.5) is 4.39 Å². The molecular formula is C27H27ClFN3O2S. The van der Waals surface area contributed by atoms with Crippen LogP contribution < -0.4 is 5.56 Å². The third kappa shape index (κ3) is 5.16. The monoisotopic (exact) mass is 511 g/mol. The van der Waals surface area contributed by atoms with Gasteiger partial charge in [0.15, 0.2) is 0 Å². The van der Waals surface area contributed by atoms with Crippen LogP contribution in [-0.4, -0.2) is 26.9 Å². The Hall–Kier alpha value is -3.03. The molecule has 0 aliphatic rings. The van der Waals surface area contributed by atoms with Gasteiger partial charge < -0.3 is 4.90 Å². The molecule has 0 N–H and O–H groups in total. The first-order chi connectivity index (χ1) is 17.0. The van der Waals surface area contributed by atoms with Crippen molar-refractivity contribution in [2.24, 2.45) is 0 Å². The maximum absolute atomic E-state index is 14.0. The van der Waals surface area contributed by atoms with Crippen molar-refractivity contribution in [3.63, 3.8) is 0 Å². The Balaban J connectivity index is 1.94. The van der Waals surface area contributed by atoms with Gasteiger partial charge in [-0.2, -0.15) is 0 Å². The van der Waals surface area contributed by atoms with Crippen molar-refractivity contribution >= 4 is 39.7 Å². The average Bonchev–Trinajstić information content (AvgIpc) is 3.40. The second-order valence-electron chi connectivity index (χ2n) is 8.33. The molecule has 0 fully saturated rings. The minimum Gasteiger partial charge on any atom is -0.328 e. The molecule has 0 aliphatic heterocycles. The number of fused-ring (bicyclic) bond motifs is 1. The third-order valence-corrected chi connectivity index (χ3v) is 7.17. The summed E-state index contributed by atoms with van der Waals surface area (Å²) in [6.45, 7) is 4.63. The summed E-state index contributed by atoms with van der Waals surface area (Å²) in [5.74, 6) is -0.228. The fourth-order valence-corrected chi connectivity index (χ4v) is 5.12. The number of carbonyl (C=O) groups excluding carboxylic acids is 1. The summed E-state index contributed by atoms with van der Waals surface area (Å²) in [7, 11) is 0. The second kappa shape index (κ2) is 11.1. The number of halogens is 2. The summed E-state index contributed by atoms with van der Waals surface area (Å²) in [6.07, 6.45) is 3.38. The third-order valence-electron chi connectivity index (χ3n) is 6.02. The Morgan fingerprint density at radius 2 is 1.94 bits per heavy atom. The lowest BCUT2D eigenvalue weighted by Gasteiger charge is -2.32. The maximum Gasteiger partial charge on any atom is 0.266 e. The molecule has 1 atom stereocenters. The first-order valence-electron chi connectivity index (χ1n) is 11.8. The highest BCUT2D eigenvalue weighted by Gasteiger charge is 2.30. The predicted octanol–water partition coefficient (Wildman–Crippen LogP) is 7.02. The van der Waals surface area contributed by atoms with Crippen LogP contribution in [-0.2, 0) is 0 Å². The van der Waals surface area contributed by atoms with E-state index in [1.807, 2.05) is 35.4 Å². The number of para-hydroxylation sites is 1. The van der Waals surface area contributed by atoms with Gasteiger partial charge in [0, 0.05) is 6.54 Å². The lowest BCUT2D eigenvalue weighted by molar-refractivity contribution is 0.0660. The van der Waals surface area contributed by atoms with Crippen LogP contribution in [0.5, 0.6) is 0 Å². The number of hydrogen-bond donors (Lipinski definition) is 0. The lowest BCUT2D eigenvalue weighted by Crippen LogP contribution is -2.39. The number of carbonyl (C=O) groups is 1.